The Hall–Kier alpha value is -3.59. The topological polar surface area (TPSA) is 112 Å². The molecule has 0 unspecified atom stereocenters. The maximum Gasteiger partial charge on any atom is 0.407 e. The molecule has 1 amide bonds. The van der Waals surface area contributed by atoms with E-state index in [2.05, 4.69) is 31.7 Å². The lowest BCUT2D eigenvalue weighted by atomic mass is 9.94. The first-order valence-corrected chi connectivity index (χ1v) is 12.2. The lowest BCUT2D eigenvalue weighted by molar-refractivity contribution is 0.119. The molecule has 0 spiro atoms. The predicted octanol–water partition coefficient (Wildman–Crippen LogP) is 5.27. The number of carboxylic acid groups (broad SMARTS) is 1. The first-order valence-electron chi connectivity index (χ1n) is 11.8. The van der Waals surface area contributed by atoms with Gasteiger partial charge >= 0.3 is 6.09 Å². The summed E-state index contributed by atoms with van der Waals surface area (Å²) in [5.41, 5.74) is 3.85. The Morgan fingerprint density at radius 1 is 1.11 bits per heavy atom. The SMILES string of the molecule is O=C(O)N1CCC(CCOc2ccc3cc2CCc2cncc(c2)Nc2ncc(Cl)c(n2)N3)CC1. The number of pyridine rings is 1. The number of aromatic nitrogens is 3. The lowest BCUT2D eigenvalue weighted by Crippen LogP contribution is -2.37. The van der Waals surface area contributed by atoms with Crippen molar-refractivity contribution >= 4 is 40.8 Å². The number of nitrogens with zero attached hydrogens (tertiary/aromatic N) is 4. The van der Waals surface area contributed by atoms with E-state index in [-0.39, 0.29) is 0 Å². The van der Waals surface area contributed by atoms with Gasteiger partial charge in [-0.15, -0.1) is 0 Å². The zero-order valence-corrected chi connectivity index (χ0v) is 20.0. The third-order valence-electron chi connectivity index (χ3n) is 6.47. The molecule has 3 N–H and O–H groups in total. The highest BCUT2D eigenvalue weighted by atomic mass is 35.5. The average molecular weight is 495 g/mol. The minimum absolute atomic E-state index is 0.424. The Bertz CT molecular complexity index is 1220. The van der Waals surface area contributed by atoms with E-state index in [0.717, 1.165) is 60.4 Å². The second-order valence-electron chi connectivity index (χ2n) is 8.89. The summed E-state index contributed by atoms with van der Waals surface area (Å²) >= 11 is 6.35. The van der Waals surface area contributed by atoms with E-state index >= 15 is 0 Å². The molecule has 1 fully saturated rings. The molecule has 9 nitrogen and oxygen atoms in total. The molecule has 2 aliphatic rings. The summed E-state index contributed by atoms with van der Waals surface area (Å²) < 4.78 is 6.23. The molecular formula is C25H27ClN6O3. The summed E-state index contributed by atoms with van der Waals surface area (Å²) in [5.74, 6) is 2.28. The van der Waals surface area contributed by atoms with Crippen LogP contribution < -0.4 is 15.4 Å². The van der Waals surface area contributed by atoms with Gasteiger partial charge in [0.05, 0.1) is 24.7 Å². The van der Waals surface area contributed by atoms with Crippen LogP contribution >= 0.6 is 11.6 Å². The van der Waals surface area contributed by atoms with Gasteiger partial charge in [0.2, 0.25) is 5.95 Å². The highest BCUT2D eigenvalue weighted by Gasteiger charge is 2.22. The first kappa shape index (κ1) is 23.2. The summed E-state index contributed by atoms with van der Waals surface area (Å²) in [6, 6.07) is 8.05. The summed E-state index contributed by atoms with van der Waals surface area (Å²) in [7, 11) is 0. The fourth-order valence-electron chi connectivity index (χ4n) is 4.49. The highest BCUT2D eigenvalue weighted by Crippen LogP contribution is 2.30. The first-order chi connectivity index (χ1) is 17.0. The van der Waals surface area contributed by atoms with Crippen molar-refractivity contribution in [3.63, 3.8) is 0 Å². The van der Waals surface area contributed by atoms with Crippen LogP contribution in [0.3, 0.4) is 0 Å². The van der Waals surface area contributed by atoms with Crippen molar-refractivity contribution in [3.8, 4) is 5.75 Å². The number of amides is 1. The van der Waals surface area contributed by atoms with Crippen LogP contribution in [-0.4, -0.2) is 50.7 Å². The number of rotatable bonds is 4. The van der Waals surface area contributed by atoms with Gasteiger partial charge in [-0.3, -0.25) is 4.98 Å². The predicted molar refractivity (Wildman–Crippen MR) is 134 cm³/mol. The van der Waals surface area contributed by atoms with Crippen molar-refractivity contribution in [2.24, 2.45) is 5.92 Å². The van der Waals surface area contributed by atoms with Crippen LogP contribution in [-0.2, 0) is 12.8 Å². The standard InChI is InChI=1S/C25H27ClN6O3/c26-21-15-28-24-30-20-11-17(13-27-14-20)1-2-18-12-19(29-23(21)31-24)3-4-22(18)35-10-7-16-5-8-32(9-6-16)25(33)34/h3-4,11-16H,1-2,5-10H2,(H,33,34)(H2,28,29,30,31). The number of anilines is 4. The zero-order valence-electron chi connectivity index (χ0n) is 19.2. The highest BCUT2D eigenvalue weighted by molar-refractivity contribution is 6.32. The van der Waals surface area contributed by atoms with Gasteiger partial charge in [-0.2, -0.15) is 4.98 Å². The number of halogens is 1. The molecule has 2 aliphatic heterocycles. The molecular weight excluding hydrogens is 468 g/mol. The summed E-state index contributed by atoms with van der Waals surface area (Å²) in [5, 5.41) is 16.1. The Labute approximate surface area is 208 Å². The zero-order chi connectivity index (χ0) is 24.2. The maximum atomic E-state index is 11.1. The van der Waals surface area contributed by atoms with E-state index in [1.165, 1.54) is 4.90 Å². The third kappa shape index (κ3) is 5.74. The second kappa shape index (κ2) is 10.4. The van der Waals surface area contributed by atoms with Crippen LogP contribution in [0.1, 0.15) is 30.4 Å². The summed E-state index contributed by atoms with van der Waals surface area (Å²) in [6.45, 7) is 1.79. The number of hydrogen-bond acceptors (Lipinski definition) is 7. The lowest BCUT2D eigenvalue weighted by Gasteiger charge is -2.29. The number of likely N-dealkylation sites (tertiary alicyclic amines) is 1. The smallest absolute Gasteiger partial charge is 0.407 e. The Balaban J connectivity index is 1.32. The monoisotopic (exact) mass is 494 g/mol. The van der Waals surface area contributed by atoms with Gasteiger partial charge in [0.1, 0.15) is 10.8 Å². The molecule has 1 saturated heterocycles. The summed E-state index contributed by atoms with van der Waals surface area (Å²) in [4.78, 5) is 25.8. The molecule has 6 bridgehead atoms. The fraction of sp³-hybridized carbons (Fsp3) is 0.360. The largest absolute Gasteiger partial charge is 0.493 e. The van der Waals surface area contributed by atoms with Gasteiger partial charge in [0.15, 0.2) is 5.82 Å². The molecule has 35 heavy (non-hydrogen) atoms. The number of carbonyl (C=O) groups is 1. The molecule has 3 aromatic rings. The molecule has 0 radical (unpaired) electrons. The van der Waals surface area contributed by atoms with Crippen molar-refractivity contribution in [2.75, 3.05) is 30.3 Å². The normalized spacial score (nSPS) is 15.6. The van der Waals surface area contributed by atoms with Crippen molar-refractivity contribution in [3.05, 3.63) is 59.0 Å². The molecule has 0 aliphatic carbocycles. The van der Waals surface area contributed by atoms with Crippen LogP contribution in [0.5, 0.6) is 5.75 Å². The number of aryl methyl sites for hydroxylation is 2. The van der Waals surface area contributed by atoms with E-state index in [1.807, 2.05) is 24.4 Å². The van der Waals surface area contributed by atoms with Gasteiger partial charge in [0.25, 0.3) is 0 Å². The number of hydrogen-bond donors (Lipinski definition) is 3. The van der Waals surface area contributed by atoms with Crippen LogP contribution in [0.15, 0.2) is 42.9 Å². The van der Waals surface area contributed by atoms with E-state index in [9.17, 15) is 4.79 Å². The van der Waals surface area contributed by atoms with Crippen molar-refractivity contribution in [1.29, 1.82) is 0 Å². The number of nitrogens with one attached hydrogen (secondary N) is 2. The van der Waals surface area contributed by atoms with E-state index in [1.54, 1.807) is 12.4 Å². The molecule has 0 saturated carbocycles. The maximum absolute atomic E-state index is 11.1. The van der Waals surface area contributed by atoms with E-state index < -0.39 is 6.09 Å². The number of fused-ring (bicyclic) bond motifs is 6. The molecule has 1 aromatic carbocycles. The number of benzene rings is 1. The van der Waals surface area contributed by atoms with Gasteiger partial charge in [-0.25, -0.2) is 9.78 Å². The Kier molecular flexibility index (Phi) is 6.85. The molecule has 182 valence electrons. The fourth-order valence-corrected chi connectivity index (χ4v) is 4.63. The van der Waals surface area contributed by atoms with Gasteiger partial charge in [0, 0.05) is 25.0 Å². The van der Waals surface area contributed by atoms with E-state index in [0.29, 0.717) is 42.4 Å². The second-order valence-corrected chi connectivity index (χ2v) is 9.30. The number of ether oxygens (including phenoxy) is 1. The van der Waals surface area contributed by atoms with Gasteiger partial charge in [-0.1, -0.05) is 11.6 Å². The number of piperidine rings is 1. The summed E-state index contributed by atoms with van der Waals surface area (Å²) in [6.07, 6.45) is 8.59. The van der Waals surface area contributed by atoms with Crippen molar-refractivity contribution in [2.45, 2.75) is 32.1 Å². The third-order valence-corrected chi connectivity index (χ3v) is 6.75. The van der Waals surface area contributed by atoms with E-state index in [4.69, 9.17) is 21.4 Å². The van der Waals surface area contributed by atoms with Crippen LogP contribution in [0.2, 0.25) is 5.02 Å². The van der Waals surface area contributed by atoms with Crippen LogP contribution in [0.25, 0.3) is 0 Å². The molecule has 4 heterocycles. The average Bonchev–Trinajstić information content (AvgIpc) is 2.86. The quantitative estimate of drug-likeness (QED) is 0.449. The van der Waals surface area contributed by atoms with Gasteiger partial charge in [-0.05, 0) is 73.4 Å². The Morgan fingerprint density at radius 2 is 1.97 bits per heavy atom. The molecule has 10 heteroatoms. The van der Waals surface area contributed by atoms with Crippen LogP contribution in [0.4, 0.5) is 27.9 Å². The van der Waals surface area contributed by atoms with Crippen LogP contribution in [0, 0.1) is 5.92 Å². The minimum Gasteiger partial charge on any atom is -0.493 e. The molecule has 5 rings (SSSR count). The molecule has 0 atom stereocenters. The van der Waals surface area contributed by atoms with Crippen molar-refractivity contribution in [1.82, 2.24) is 19.9 Å². The van der Waals surface area contributed by atoms with Gasteiger partial charge < -0.3 is 25.4 Å². The Morgan fingerprint density at radius 3 is 2.80 bits per heavy atom. The minimum atomic E-state index is -0.829. The molecule has 2 aromatic heterocycles. The van der Waals surface area contributed by atoms with Crippen molar-refractivity contribution < 1.29 is 14.6 Å².